The van der Waals surface area contributed by atoms with Gasteiger partial charge < -0.3 is 48.5 Å². The highest BCUT2D eigenvalue weighted by Crippen LogP contribution is 2.57. The van der Waals surface area contributed by atoms with Gasteiger partial charge in [0.25, 0.3) is 8.32 Å². The van der Waals surface area contributed by atoms with Crippen molar-refractivity contribution in [3.8, 4) is 28.7 Å². The molecule has 3 aromatic carbocycles. The number of thioether (sulfide) groups is 1. The third kappa shape index (κ3) is 12.6. The number of phenolic OH excluding ortho intramolecular Hbond substituents is 1. The monoisotopic (exact) mass is 920 g/mol. The van der Waals surface area contributed by atoms with E-state index in [1.807, 2.05) is 56.3 Å². The van der Waals surface area contributed by atoms with Crippen LogP contribution in [0.25, 0.3) is 0 Å². The van der Waals surface area contributed by atoms with Crippen molar-refractivity contribution in [2.45, 2.75) is 122 Å². The van der Waals surface area contributed by atoms with Gasteiger partial charge in [-0.15, -0.1) is 0 Å². The van der Waals surface area contributed by atoms with Gasteiger partial charge in [-0.1, -0.05) is 109 Å². The Morgan fingerprint density at radius 2 is 1.64 bits per heavy atom. The van der Waals surface area contributed by atoms with Gasteiger partial charge in [-0.2, -0.15) is 11.8 Å². The molecule has 1 aliphatic rings. The van der Waals surface area contributed by atoms with Gasteiger partial charge in [0.15, 0.2) is 17.2 Å². The summed E-state index contributed by atoms with van der Waals surface area (Å²) >= 11 is 1.60. The van der Waals surface area contributed by atoms with Crippen LogP contribution in [0.3, 0.4) is 0 Å². The average molecular weight is 921 g/mol. The van der Waals surface area contributed by atoms with Crippen LogP contribution in [0.5, 0.6) is 28.7 Å². The van der Waals surface area contributed by atoms with Gasteiger partial charge in [0.2, 0.25) is 5.91 Å². The number of aryl methyl sites for hydroxylation is 1. The molecule has 0 aliphatic carbocycles. The lowest BCUT2D eigenvalue weighted by Gasteiger charge is -2.48. The first kappa shape index (κ1) is 52.0. The number of nitrogens with one attached hydrogen (secondary N) is 1. The summed E-state index contributed by atoms with van der Waals surface area (Å²) in [6.45, 7) is 24.0. The van der Waals surface area contributed by atoms with E-state index in [1.165, 1.54) is 13.2 Å². The zero-order valence-electron chi connectivity index (χ0n) is 39.7. The second-order valence-corrected chi connectivity index (χ2v) is 23.7. The topological polar surface area (TPSA) is 145 Å². The van der Waals surface area contributed by atoms with Crippen LogP contribution in [0.4, 0.5) is 4.79 Å². The molecule has 12 nitrogen and oxygen atoms in total. The van der Waals surface area contributed by atoms with Crippen molar-refractivity contribution in [2.75, 3.05) is 46.4 Å². The Morgan fingerprint density at radius 1 is 0.953 bits per heavy atom. The maximum atomic E-state index is 15.8. The fourth-order valence-corrected chi connectivity index (χ4v) is 10.3. The fourth-order valence-electron chi connectivity index (χ4n) is 7.85. The van der Waals surface area contributed by atoms with Crippen LogP contribution in [-0.2, 0) is 27.3 Å². The number of hydrogen-bond donors (Lipinski definition) is 3. The smallest absolute Gasteiger partial charge is 0.408 e. The van der Waals surface area contributed by atoms with Crippen LogP contribution in [0.15, 0.2) is 67.8 Å². The number of aliphatic hydroxyl groups excluding tert-OH is 1. The van der Waals surface area contributed by atoms with Crippen molar-refractivity contribution in [3.05, 3.63) is 101 Å². The molecule has 0 radical (unpaired) electrons. The number of carbonyl (C=O) groups excluding carboxylic acids is 2. The molecule has 1 unspecified atom stereocenters. The van der Waals surface area contributed by atoms with E-state index < -0.39 is 50.3 Å². The van der Waals surface area contributed by atoms with Crippen LogP contribution in [-0.4, -0.2) is 93.9 Å². The maximum absolute atomic E-state index is 15.8. The number of aliphatic hydroxyl groups is 1. The first-order valence-corrected chi connectivity index (χ1v) is 26.2. The van der Waals surface area contributed by atoms with Crippen LogP contribution in [0.1, 0.15) is 98.1 Å². The van der Waals surface area contributed by atoms with Gasteiger partial charge in [-0.25, -0.2) is 4.79 Å². The Kier molecular flexibility index (Phi) is 19.5. The number of methoxy groups -OCH3 is 2. The Balaban J connectivity index is 1.98. The summed E-state index contributed by atoms with van der Waals surface area (Å²) in [7, 11) is 0.710. The third-order valence-electron chi connectivity index (χ3n) is 12.1. The van der Waals surface area contributed by atoms with E-state index >= 15 is 4.79 Å². The molecule has 0 aromatic heterocycles. The number of amides is 2. The summed E-state index contributed by atoms with van der Waals surface area (Å²) in [5.41, 5.74) is 4.02. The van der Waals surface area contributed by atoms with Gasteiger partial charge in [0.05, 0.1) is 51.4 Å². The number of hydrogen-bond acceptors (Lipinski definition) is 11. The fraction of sp³-hybridized carbons (Fsp3) is 0.520. The maximum Gasteiger partial charge on any atom is 0.408 e. The highest BCUT2D eigenvalue weighted by molar-refractivity contribution is 7.99. The lowest BCUT2D eigenvalue weighted by molar-refractivity contribution is -0.143. The van der Waals surface area contributed by atoms with Crippen molar-refractivity contribution >= 4 is 32.1 Å². The van der Waals surface area contributed by atoms with Crippen molar-refractivity contribution < 1.29 is 47.9 Å². The van der Waals surface area contributed by atoms with Crippen LogP contribution >= 0.6 is 11.8 Å². The van der Waals surface area contributed by atoms with E-state index in [2.05, 4.69) is 59.3 Å². The number of aromatic hydroxyl groups is 1. The molecule has 1 aliphatic heterocycles. The molecular weight excluding hydrogens is 849 g/mol. The Hall–Kier alpha value is -4.63. The molecular formula is C50H72N2O10SSi. The quantitative estimate of drug-likeness (QED) is 0.0449. The summed E-state index contributed by atoms with van der Waals surface area (Å²) in [5.74, 6) is 1.86. The molecule has 2 amide bonds. The molecule has 3 N–H and O–H groups in total. The summed E-state index contributed by atoms with van der Waals surface area (Å²) in [5, 5.41) is 26.1. The minimum atomic E-state index is -2.37. The highest BCUT2D eigenvalue weighted by atomic mass is 32.2. The molecule has 0 bridgehead atoms. The van der Waals surface area contributed by atoms with E-state index in [1.54, 1.807) is 29.8 Å². The summed E-state index contributed by atoms with van der Waals surface area (Å²) in [4.78, 5) is 30.9. The SMILES string of the molecule is C=CCOC(=O)N[C@@H](Cc1cc(C)c(OC)c(O[Si](C)(C)C(C)(C)C)c1)C(=O)N1[C@H](CO)C(SCCCCCC)c2c(OCC=C)c(C)c(OC)c(O)c2[C@@H]1COCc1ccccc1. The summed E-state index contributed by atoms with van der Waals surface area (Å²) < 4.78 is 36.8. The first-order chi connectivity index (χ1) is 30.5. The molecule has 14 heteroatoms. The molecule has 4 atom stereocenters. The molecule has 0 saturated carbocycles. The Bertz CT molecular complexity index is 2040. The number of phenols is 1. The second-order valence-electron chi connectivity index (χ2n) is 17.7. The minimum Gasteiger partial charge on any atom is -0.541 e. The summed E-state index contributed by atoms with van der Waals surface area (Å²) in [6, 6.07) is 10.4. The Morgan fingerprint density at radius 3 is 2.25 bits per heavy atom. The number of carbonyl (C=O) groups is 2. The van der Waals surface area contributed by atoms with Crippen molar-refractivity contribution in [1.82, 2.24) is 10.2 Å². The second kappa shape index (κ2) is 24.1. The zero-order chi connectivity index (χ0) is 47.2. The van der Waals surface area contributed by atoms with Gasteiger partial charge in [-0.3, -0.25) is 4.79 Å². The summed E-state index contributed by atoms with van der Waals surface area (Å²) in [6.07, 6.45) is 6.35. The van der Waals surface area contributed by atoms with E-state index in [0.29, 0.717) is 45.3 Å². The largest absolute Gasteiger partial charge is 0.541 e. The molecule has 1 heterocycles. The lowest BCUT2D eigenvalue weighted by atomic mass is 9.84. The number of ether oxygens (including phenoxy) is 5. The predicted molar refractivity (Wildman–Crippen MR) is 259 cm³/mol. The molecule has 0 fully saturated rings. The number of alkyl carbamates (subject to hydrolysis) is 1. The van der Waals surface area contributed by atoms with Gasteiger partial charge in [-0.05, 0) is 66.9 Å². The van der Waals surface area contributed by atoms with Crippen LogP contribution < -0.4 is 24.0 Å². The van der Waals surface area contributed by atoms with Crippen molar-refractivity contribution in [3.63, 3.8) is 0 Å². The number of benzene rings is 3. The zero-order valence-corrected chi connectivity index (χ0v) is 41.5. The number of rotatable bonds is 24. The van der Waals surface area contributed by atoms with Crippen molar-refractivity contribution in [1.29, 1.82) is 0 Å². The van der Waals surface area contributed by atoms with E-state index in [-0.39, 0.29) is 49.4 Å². The minimum absolute atomic E-state index is 0.0194. The van der Waals surface area contributed by atoms with Crippen LogP contribution in [0.2, 0.25) is 18.1 Å². The molecule has 0 spiro atoms. The highest BCUT2D eigenvalue weighted by Gasteiger charge is 2.49. The molecule has 352 valence electrons. The first-order valence-electron chi connectivity index (χ1n) is 22.2. The van der Waals surface area contributed by atoms with Gasteiger partial charge >= 0.3 is 6.09 Å². The normalized spacial score (nSPS) is 16.6. The number of fused-ring (bicyclic) bond motifs is 1. The van der Waals surface area contributed by atoms with Gasteiger partial charge in [0.1, 0.15) is 30.8 Å². The number of nitrogens with zero attached hydrogens (tertiary/aromatic N) is 1. The van der Waals surface area contributed by atoms with E-state index in [9.17, 15) is 15.0 Å². The average Bonchev–Trinajstić information content (AvgIpc) is 3.25. The molecule has 0 saturated heterocycles. The third-order valence-corrected chi connectivity index (χ3v) is 17.8. The van der Waals surface area contributed by atoms with E-state index in [4.69, 9.17) is 28.1 Å². The van der Waals surface area contributed by atoms with Crippen molar-refractivity contribution in [2.24, 2.45) is 0 Å². The number of unbranched alkanes of at least 4 members (excludes halogenated alkanes) is 3. The lowest BCUT2D eigenvalue weighted by Crippen LogP contribution is -2.58. The molecule has 4 rings (SSSR count). The van der Waals surface area contributed by atoms with Crippen LogP contribution in [0, 0.1) is 13.8 Å². The van der Waals surface area contributed by atoms with Gasteiger partial charge in [0, 0.05) is 23.1 Å². The molecule has 64 heavy (non-hydrogen) atoms. The van der Waals surface area contributed by atoms with E-state index in [0.717, 1.165) is 36.8 Å². The Labute approximate surface area is 386 Å². The molecule has 3 aromatic rings. The standard InChI is InChI=1S/C50H72N2O10SSi/c1-13-16-17-21-26-63-47-38(30-53)52(39(32-59-31-35-22-19-18-20-23-35)41-42(47)45(60-24-14-2)34(5)46(58-10)43(41)54)48(55)37(51-49(56)61-25-15-3)28-36-27-33(4)44(57-9)40(29-36)62-64(11,12)50(6,7)8/h14-15,18-20,22-23,27,29,37-39,47,53-54H,2-3,13,16-17,21,24-26,28,30-32H2,1,4-12H3,(H,51,56)/t37-,38+,39-,47?/m0/s1. The predicted octanol–water partition coefficient (Wildman–Crippen LogP) is 10.3.